The van der Waals surface area contributed by atoms with Gasteiger partial charge in [0.15, 0.2) is 11.5 Å². The maximum atomic E-state index is 10.8. The molecule has 42 heavy (non-hydrogen) atoms. The maximum Gasteiger partial charge on any atom is 0.303 e. The van der Waals surface area contributed by atoms with Crippen molar-refractivity contribution < 1.29 is 28.8 Å². The predicted molar refractivity (Wildman–Crippen MR) is 167 cm³/mol. The molecule has 1 aliphatic rings. The summed E-state index contributed by atoms with van der Waals surface area (Å²) >= 11 is 1.69. The number of carbonyl (C=O) groups is 1. The third-order valence-corrected chi connectivity index (χ3v) is 8.14. The van der Waals surface area contributed by atoms with Crippen LogP contribution in [0.2, 0.25) is 0 Å². The molecule has 7 heteroatoms. The van der Waals surface area contributed by atoms with Gasteiger partial charge in [-0.15, -0.1) is 0 Å². The van der Waals surface area contributed by atoms with Gasteiger partial charge in [-0.25, -0.2) is 0 Å². The molecule has 0 bridgehead atoms. The number of carboxylic acids is 1. The fourth-order valence-corrected chi connectivity index (χ4v) is 5.93. The molecule has 0 fully saturated rings. The van der Waals surface area contributed by atoms with E-state index >= 15 is 0 Å². The van der Waals surface area contributed by atoms with E-state index in [4.69, 9.17) is 24.1 Å². The summed E-state index contributed by atoms with van der Waals surface area (Å²) in [5.74, 6) is 2.53. The van der Waals surface area contributed by atoms with Gasteiger partial charge in [-0.3, -0.25) is 4.79 Å². The number of rotatable bonds is 16. The van der Waals surface area contributed by atoms with E-state index in [2.05, 4.69) is 54.1 Å². The monoisotopic (exact) mass is 586 g/mol. The molecule has 3 aromatic carbocycles. The van der Waals surface area contributed by atoms with Gasteiger partial charge in [-0.2, -0.15) is 11.3 Å². The highest BCUT2D eigenvalue weighted by Crippen LogP contribution is 2.38. The van der Waals surface area contributed by atoms with E-state index in [9.17, 15) is 4.79 Å². The lowest BCUT2D eigenvalue weighted by atomic mass is 9.98. The molecule has 0 unspecified atom stereocenters. The van der Waals surface area contributed by atoms with Crippen molar-refractivity contribution in [2.45, 2.75) is 58.3 Å². The third-order valence-electron chi connectivity index (χ3n) is 7.45. The van der Waals surface area contributed by atoms with Crippen LogP contribution in [-0.4, -0.2) is 31.1 Å². The van der Waals surface area contributed by atoms with E-state index in [1.54, 1.807) is 11.3 Å². The molecule has 0 saturated heterocycles. The van der Waals surface area contributed by atoms with Crippen LogP contribution in [0, 0.1) is 0 Å². The second-order valence-electron chi connectivity index (χ2n) is 10.4. The van der Waals surface area contributed by atoms with Crippen molar-refractivity contribution in [1.82, 2.24) is 0 Å². The molecule has 6 nitrogen and oxygen atoms in total. The molecule has 0 amide bonds. The van der Waals surface area contributed by atoms with Gasteiger partial charge in [0.05, 0.1) is 13.2 Å². The minimum absolute atomic E-state index is 0.131. The lowest BCUT2D eigenvalue weighted by molar-refractivity contribution is -0.137. The number of benzene rings is 3. The number of unbranched alkanes of at least 4 members (excludes halogenated alkanes) is 3. The van der Waals surface area contributed by atoms with E-state index in [1.807, 2.05) is 24.3 Å². The first-order chi connectivity index (χ1) is 20.6. The summed E-state index contributed by atoms with van der Waals surface area (Å²) in [6, 6.07) is 20.8. The minimum Gasteiger partial charge on any atom is -0.494 e. The predicted octanol–water partition coefficient (Wildman–Crippen LogP) is 8.80. The molecule has 4 aromatic rings. The summed E-state index contributed by atoms with van der Waals surface area (Å²) in [6.45, 7) is 3.51. The van der Waals surface area contributed by atoms with Crippen LogP contribution in [0.3, 0.4) is 0 Å². The molecule has 0 spiro atoms. The summed E-state index contributed by atoms with van der Waals surface area (Å²) < 4.78 is 23.3. The third kappa shape index (κ3) is 7.85. The number of fused-ring (bicyclic) bond motifs is 1. The molecule has 2 heterocycles. The van der Waals surface area contributed by atoms with Crippen molar-refractivity contribution in [2.75, 3.05) is 20.0 Å². The quantitative estimate of drug-likeness (QED) is 0.132. The van der Waals surface area contributed by atoms with Crippen molar-refractivity contribution in [3.8, 4) is 45.3 Å². The van der Waals surface area contributed by atoms with Gasteiger partial charge in [0.25, 0.3) is 0 Å². The highest BCUT2D eigenvalue weighted by Gasteiger charge is 2.15. The summed E-state index contributed by atoms with van der Waals surface area (Å²) in [6.07, 6.45) is 6.90. The van der Waals surface area contributed by atoms with Crippen molar-refractivity contribution in [3.05, 3.63) is 82.6 Å². The highest BCUT2D eigenvalue weighted by atomic mass is 32.1. The number of aryl methyl sites for hydroxylation is 1. The summed E-state index contributed by atoms with van der Waals surface area (Å²) in [5.41, 5.74) is 7.05. The van der Waals surface area contributed by atoms with Crippen molar-refractivity contribution in [2.24, 2.45) is 0 Å². The molecule has 0 atom stereocenters. The van der Waals surface area contributed by atoms with Crippen LogP contribution >= 0.6 is 11.3 Å². The smallest absolute Gasteiger partial charge is 0.303 e. The Morgan fingerprint density at radius 1 is 0.833 bits per heavy atom. The van der Waals surface area contributed by atoms with Gasteiger partial charge in [-0.1, -0.05) is 38.0 Å². The first-order valence-corrected chi connectivity index (χ1v) is 15.7. The number of ether oxygens (including phenoxy) is 4. The fourth-order valence-electron chi connectivity index (χ4n) is 5.27. The molecule has 5 rings (SSSR count). The van der Waals surface area contributed by atoms with E-state index < -0.39 is 5.97 Å². The zero-order chi connectivity index (χ0) is 29.1. The summed E-state index contributed by atoms with van der Waals surface area (Å²) in [4.78, 5) is 10.8. The van der Waals surface area contributed by atoms with E-state index in [-0.39, 0.29) is 13.2 Å². The summed E-state index contributed by atoms with van der Waals surface area (Å²) in [5, 5.41) is 13.1. The Balaban J connectivity index is 1.12. The second-order valence-corrected chi connectivity index (χ2v) is 11.2. The van der Waals surface area contributed by atoms with Gasteiger partial charge in [0.1, 0.15) is 11.5 Å². The molecular weight excluding hydrogens is 548 g/mol. The van der Waals surface area contributed by atoms with Crippen LogP contribution in [0.25, 0.3) is 22.3 Å². The van der Waals surface area contributed by atoms with Crippen LogP contribution in [-0.2, 0) is 17.6 Å². The lowest BCUT2D eigenvalue weighted by Crippen LogP contribution is -2.05. The number of thiophene rings is 1. The molecule has 1 N–H and O–H groups in total. The van der Waals surface area contributed by atoms with Gasteiger partial charge in [-0.05, 0) is 119 Å². The number of carboxylic acid groups (broad SMARTS) is 1. The lowest BCUT2D eigenvalue weighted by Gasteiger charge is -2.14. The highest BCUT2D eigenvalue weighted by molar-refractivity contribution is 7.08. The molecule has 0 saturated carbocycles. The molecule has 0 radical (unpaired) electrons. The first-order valence-electron chi connectivity index (χ1n) is 14.8. The molecular formula is C35H38O6S. The Hall–Kier alpha value is -3.97. The average molecular weight is 587 g/mol. The van der Waals surface area contributed by atoms with Gasteiger partial charge < -0.3 is 24.1 Å². The second kappa shape index (κ2) is 14.8. The number of aliphatic carboxylic acids is 1. The summed E-state index contributed by atoms with van der Waals surface area (Å²) in [7, 11) is 0. The average Bonchev–Trinajstić information content (AvgIpc) is 3.71. The normalized spacial score (nSPS) is 11.9. The van der Waals surface area contributed by atoms with Crippen LogP contribution in [0.5, 0.6) is 23.0 Å². The van der Waals surface area contributed by atoms with Crippen LogP contribution < -0.4 is 18.9 Å². The van der Waals surface area contributed by atoms with Crippen molar-refractivity contribution in [3.63, 3.8) is 0 Å². The van der Waals surface area contributed by atoms with Crippen LogP contribution in [0.15, 0.2) is 71.4 Å². The Labute approximate surface area is 251 Å². The topological polar surface area (TPSA) is 74.2 Å². The number of hydrogen-bond donors (Lipinski definition) is 1. The molecule has 1 aliphatic heterocycles. The largest absolute Gasteiger partial charge is 0.494 e. The van der Waals surface area contributed by atoms with E-state index in [0.717, 1.165) is 78.2 Å². The Morgan fingerprint density at radius 3 is 2.45 bits per heavy atom. The van der Waals surface area contributed by atoms with Crippen LogP contribution in [0.4, 0.5) is 0 Å². The molecule has 220 valence electrons. The Morgan fingerprint density at radius 2 is 1.64 bits per heavy atom. The maximum absolute atomic E-state index is 10.8. The fraction of sp³-hybridized carbons (Fsp3) is 0.343. The van der Waals surface area contributed by atoms with Gasteiger partial charge in [0.2, 0.25) is 6.79 Å². The van der Waals surface area contributed by atoms with Gasteiger partial charge >= 0.3 is 5.97 Å². The van der Waals surface area contributed by atoms with E-state index in [0.29, 0.717) is 19.6 Å². The van der Waals surface area contributed by atoms with Crippen molar-refractivity contribution >= 4 is 17.3 Å². The van der Waals surface area contributed by atoms with Gasteiger partial charge in [0, 0.05) is 6.42 Å². The zero-order valence-electron chi connectivity index (χ0n) is 24.1. The molecule has 1 aromatic heterocycles. The van der Waals surface area contributed by atoms with Crippen LogP contribution in [0.1, 0.15) is 56.6 Å². The SMILES string of the molecule is CCc1c(CCCCCCOc2cc(-c3ccsc3)cc(-c3ccc4c(c3)OCO4)c2)cccc1OCCCC(=O)O. The standard InChI is InChI=1S/C35H38O6S/c1-2-31-25(10-7-11-32(31)39-17-8-12-35(36)37)9-5-3-4-6-16-38-30-20-28(19-29(21-30)27-15-18-42-23-27)26-13-14-33-34(22-26)41-24-40-33/h7,10-11,13-15,18-23H,2-6,8-9,12,16-17,24H2,1H3,(H,36,37). The zero-order valence-corrected chi connectivity index (χ0v) is 24.9. The number of hydrogen-bond acceptors (Lipinski definition) is 6. The molecule has 0 aliphatic carbocycles. The first kappa shape index (κ1) is 29.5. The van der Waals surface area contributed by atoms with E-state index in [1.165, 1.54) is 16.7 Å². The Kier molecular flexibility index (Phi) is 10.4. The van der Waals surface area contributed by atoms with Crippen molar-refractivity contribution in [1.29, 1.82) is 0 Å². The Bertz CT molecular complexity index is 1460. The minimum atomic E-state index is -0.786.